The molecule has 0 aromatic heterocycles. The Kier molecular flexibility index (Phi) is 5.62. The molecule has 16 heavy (non-hydrogen) atoms. The third kappa shape index (κ3) is 4.85. The van der Waals surface area contributed by atoms with E-state index in [1.165, 1.54) is 6.92 Å². The van der Waals surface area contributed by atoms with Crippen molar-refractivity contribution in [1.29, 1.82) is 0 Å². The second-order valence-corrected chi connectivity index (χ2v) is 5.10. The number of hydrogen-bond acceptors (Lipinski definition) is 4. The van der Waals surface area contributed by atoms with E-state index in [2.05, 4.69) is 5.32 Å². The maximum atomic E-state index is 10.8. The van der Waals surface area contributed by atoms with E-state index < -0.39 is 12.0 Å². The zero-order valence-electron chi connectivity index (χ0n) is 9.27. The van der Waals surface area contributed by atoms with E-state index in [1.54, 1.807) is 11.8 Å². The minimum atomic E-state index is -0.987. The minimum Gasteiger partial charge on any atom is -0.480 e. The summed E-state index contributed by atoms with van der Waals surface area (Å²) < 4.78 is 5.30. The van der Waals surface area contributed by atoms with Gasteiger partial charge in [0.15, 0.2) is 0 Å². The van der Waals surface area contributed by atoms with Crippen molar-refractivity contribution in [3.8, 4) is 0 Å². The van der Waals surface area contributed by atoms with E-state index in [1.807, 2.05) is 0 Å². The summed E-state index contributed by atoms with van der Waals surface area (Å²) in [6.45, 7) is 2.80. The van der Waals surface area contributed by atoms with E-state index >= 15 is 0 Å². The highest BCUT2D eigenvalue weighted by molar-refractivity contribution is 8.00. The number of carboxylic acids is 1. The Balaban J connectivity index is 2.30. The third-order valence-electron chi connectivity index (χ3n) is 2.29. The Morgan fingerprint density at radius 2 is 2.38 bits per heavy atom. The average molecular weight is 247 g/mol. The van der Waals surface area contributed by atoms with Gasteiger partial charge in [-0.1, -0.05) is 0 Å². The number of thioether (sulfide) groups is 1. The number of hydrogen-bond donors (Lipinski definition) is 2. The van der Waals surface area contributed by atoms with Gasteiger partial charge in [-0.3, -0.25) is 4.79 Å². The van der Waals surface area contributed by atoms with Gasteiger partial charge in [-0.2, -0.15) is 11.8 Å². The molecule has 5 nitrogen and oxygen atoms in total. The van der Waals surface area contributed by atoms with E-state index in [0.717, 1.165) is 19.4 Å². The monoisotopic (exact) mass is 247 g/mol. The van der Waals surface area contributed by atoms with Crippen molar-refractivity contribution >= 4 is 23.6 Å². The quantitative estimate of drug-likeness (QED) is 0.739. The highest BCUT2D eigenvalue weighted by Crippen LogP contribution is 2.21. The Labute approximate surface area is 98.9 Å². The summed E-state index contributed by atoms with van der Waals surface area (Å²) in [6, 6.07) is -0.801. The molecule has 1 fully saturated rings. The van der Waals surface area contributed by atoms with Gasteiger partial charge in [0.2, 0.25) is 5.91 Å². The maximum absolute atomic E-state index is 10.8. The van der Waals surface area contributed by atoms with Crippen LogP contribution in [0.15, 0.2) is 0 Å². The number of ether oxygens (including phenoxy) is 1. The van der Waals surface area contributed by atoms with Gasteiger partial charge < -0.3 is 15.2 Å². The molecule has 1 rings (SSSR count). The van der Waals surface area contributed by atoms with E-state index in [0.29, 0.717) is 17.6 Å². The average Bonchev–Trinajstić information content (AvgIpc) is 2.25. The first-order valence-electron chi connectivity index (χ1n) is 5.29. The summed E-state index contributed by atoms with van der Waals surface area (Å²) in [6.07, 6.45) is 2.08. The van der Waals surface area contributed by atoms with Gasteiger partial charge in [0.25, 0.3) is 0 Å². The molecule has 2 N–H and O–H groups in total. The molecule has 1 saturated heterocycles. The van der Waals surface area contributed by atoms with Crippen molar-refractivity contribution in [2.75, 3.05) is 19.0 Å². The van der Waals surface area contributed by atoms with Gasteiger partial charge in [0.05, 0.1) is 6.61 Å². The summed E-state index contributed by atoms with van der Waals surface area (Å²) in [5.41, 5.74) is 0. The molecule has 2 atom stereocenters. The number of aliphatic carboxylic acids is 1. The lowest BCUT2D eigenvalue weighted by molar-refractivity contribution is -0.140. The summed E-state index contributed by atoms with van der Waals surface area (Å²) in [7, 11) is 0. The van der Waals surface area contributed by atoms with Gasteiger partial charge in [-0.15, -0.1) is 0 Å². The fourth-order valence-electron chi connectivity index (χ4n) is 1.49. The molecule has 1 amide bonds. The van der Waals surface area contributed by atoms with Crippen LogP contribution in [0.3, 0.4) is 0 Å². The number of carboxylic acid groups (broad SMARTS) is 1. The molecule has 0 aromatic carbocycles. The standard InChI is InChI=1S/C10H17NO4S/c1-7(12)11-9(10(13)14)6-16-8-3-2-4-15-5-8/h8-9H,2-6H2,1H3,(H,11,12)(H,13,14). The molecule has 0 radical (unpaired) electrons. The predicted octanol–water partition coefficient (Wildman–Crippen LogP) is 0.488. The van der Waals surface area contributed by atoms with Crippen LogP contribution in [0.25, 0.3) is 0 Å². The molecule has 6 heteroatoms. The second-order valence-electron chi connectivity index (χ2n) is 3.76. The maximum Gasteiger partial charge on any atom is 0.327 e. The van der Waals surface area contributed by atoms with Gasteiger partial charge in [0.1, 0.15) is 6.04 Å². The Morgan fingerprint density at radius 1 is 1.62 bits per heavy atom. The van der Waals surface area contributed by atoms with Crippen LogP contribution in [0, 0.1) is 0 Å². The summed E-state index contributed by atoms with van der Waals surface area (Å²) in [4.78, 5) is 21.6. The number of carbonyl (C=O) groups excluding carboxylic acids is 1. The molecule has 0 bridgehead atoms. The molecule has 92 valence electrons. The molecule has 2 unspecified atom stereocenters. The summed E-state index contributed by atoms with van der Waals surface area (Å²) in [5, 5.41) is 11.7. The first-order chi connectivity index (χ1) is 7.59. The normalized spacial score (nSPS) is 22.4. The molecular formula is C10H17NO4S. The number of nitrogens with one attached hydrogen (secondary N) is 1. The largest absolute Gasteiger partial charge is 0.480 e. The van der Waals surface area contributed by atoms with Gasteiger partial charge >= 0.3 is 5.97 Å². The van der Waals surface area contributed by atoms with Crippen molar-refractivity contribution in [1.82, 2.24) is 5.32 Å². The van der Waals surface area contributed by atoms with E-state index in [9.17, 15) is 9.59 Å². The van der Waals surface area contributed by atoms with Crippen LogP contribution in [0.1, 0.15) is 19.8 Å². The SMILES string of the molecule is CC(=O)NC(CSC1CCCOC1)C(=O)O. The van der Waals surface area contributed by atoms with Crippen LogP contribution in [-0.2, 0) is 14.3 Å². The number of amides is 1. The topological polar surface area (TPSA) is 75.6 Å². The van der Waals surface area contributed by atoms with Crippen LogP contribution in [0.2, 0.25) is 0 Å². The summed E-state index contributed by atoms with van der Waals surface area (Å²) >= 11 is 1.56. The zero-order valence-corrected chi connectivity index (χ0v) is 10.1. The Bertz CT molecular complexity index is 253. The lowest BCUT2D eigenvalue weighted by Crippen LogP contribution is -2.42. The molecule has 1 aliphatic heterocycles. The minimum absolute atomic E-state index is 0.312. The Hall–Kier alpha value is -0.750. The first-order valence-corrected chi connectivity index (χ1v) is 6.33. The lowest BCUT2D eigenvalue weighted by atomic mass is 10.2. The van der Waals surface area contributed by atoms with Gasteiger partial charge in [0, 0.05) is 24.5 Å². The Morgan fingerprint density at radius 3 is 2.88 bits per heavy atom. The van der Waals surface area contributed by atoms with Crippen LogP contribution >= 0.6 is 11.8 Å². The molecule has 1 aliphatic rings. The third-order valence-corrected chi connectivity index (χ3v) is 3.66. The predicted molar refractivity (Wildman–Crippen MR) is 61.5 cm³/mol. The van der Waals surface area contributed by atoms with Crippen molar-refractivity contribution in [2.24, 2.45) is 0 Å². The van der Waals surface area contributed by atoms with Crippen molar-refractivity contribution in [2.45, 2.75) is 31.1 Å². The lowest BCUT2D eigenvalue weighted by Gasteiger charge is -2.23. The fourth-order valence-corrected chi connectivity index (χ4v) is 2.71. The highest BCUT2D eigenvalue weighted by Gasteiger charge is 2.22. The molecule has 0 saturated carbocycles. The van der Waals surface area contributed by atoms with Crippen molar-refractivity contribution in [3.05, 3.63) is 0 Å². The number of rotatable bonds is 5. The molecular weight excluding hydrogens is 230 g/mol. The molecule has 0 spiro atoms. The molecule has 1 heterocycles. The fraction of sp³-hybridized carbons (Fsp3) is 0.800. The first kappa shape index (κ1) is 13.3. The van der Waals surface area contributed by atoms with E-state index in [-0.39, 0.29) is 5.91 Å². The van der Waals surface area contributed by atoms with Crippen LogP contribution in [0.4, 0.5) is 0 Å². The molecule has 0 aromatic rings. The van der Waals surface area contributed by atoms with Gasteiger partial charge in [-0.25, -0.2) is 4.79 Å². The van der Waals surface area contributed by atoms with E-state index in [4.69, 9.17) is 9.84 Å². The number of carbonyl (C=O) groups is 2. The smallest absolute Gasteiger partial charge is 0.327 e. The van der Waals surface area contributed by atoms with Crippen molar-refractivity contribution < 1.29 is 19.4 Å². The van der Waals surface area contributed by atoms with Crippen LogP contribution in [0.5, 0.6) is 0 Å². The van der Waals surface area contributed by atoms with Gasteiger partial charge in [-0.05, 0) is 12.8 Å². The highest BCUT2D eigenvalue weighted by atomic mass is 32.2. The van der Waals surface area contributed by atoms with Crippen LogP contribution < -0.4 is 5.32 Å². The van der Waals surface area contributed by atoms with Crippen molar-refractivity contribution in [3.63, 3.8) is 0 Å². The summed E-state index contributed by atoms with van der Waals surface area (Å²) in [5.74, 6) is -0.907. The molecule has 0 aliphatic carbocycles. The van der Waals surface area contributed by atoms with Crippen LogP contribution in [-0.4, -0.2) is 47.2 Å². The zero-order chi connectivity index (χ0) is 12.0. The second kappa shape index (κ2) is 6.75.